The molecule has 23 heavy (non-hydrogen) atoms. The van der Waals surface area contributed by atoms with Crippen molar-refractivity contribution in [1.82, 2.24) is 4.90 Å². The molecule has 3 nitrogen and oxygen atoms in total. The SMILES string of the molecule is O=C(OCc1ccccc1)C1CCCCN1Cc1ccccc1. The maximum Gasteiger partial charge on any atom is 0.323 e. The van der Waals surface area contributed by atoms with Crippen LogP contribution in [0.4, 0.5) is 0 Å². The quantitative estimate of drug-likeness (QED) is 0.787. The molecule has 2 aromatic rings. The summed E-state index contributed by atoms with van der Waals surface area (Å²) in [5.41, 5.74) is 2.28. The van der Waals surface area contributed by atoms with Crippen LogP contribution < -0.4 is 0 Å². The Balaban J connectivity index is 1.60. The highest BCUT2D eigenvalue weighted by atomic mass is 16.5. The molecule has 0 saturated carbocycles. The lowest BCUT2D eigenvalue weighted by molar-refractivity contribution is -0.153. The van der Waals surface area contributed by atoms with Gasteiger partial charge in [0.1, 0.15) is 12.6 Å². The van der Waals surface area contributed by atoms with Gasteiger partial charge in [-0.3, -0.25) is 9.69 Å². The topological polar surface area (TPSA) is 29.5 Å². The number of hydrogen-bond acceptors (Lipinski definition) is 3. The Morgan fingerprint density at radius 2 is 1.61 bits per heavy atom. The Hall–Kier alpha value is -2.13. The minimum Gasteiger partial charge on any atom is -0.460 e. The average molecular weight is 309 g/mol. The van der Waals surface area contributed by atoms with Gasteiger partial charge in [0.05, 0.1) is 0 Å². The number of esters is 1. The predicted octanol–water partition coefficient (Wildman–Crippen LogP) is 3.78. The smallest absolute Gasteiger partial charge is 0.323 e. The van der Waals surface area contributed by atoms with Crippen LogP contribution in [-0.2, 0) is 22.7 Å². The average Bonchev–Trinajstić information content (AvgIpc) is 2.62. The van der Waals surface area contributed by atoms with Gasteiger partial charge in [0.25, 0.3) is 0 Å². The van der Waals surface area contributed by atoms with Crippen molar-refractivity contribution in [1.29, 1.82) is 0 Å². The number of rotatable bonds is 5. The summed E-state index contributed by atoms with van der Waals surface area (Å²) in [7, 11) is 0. The summed E-state index contributed by atoms with van der Waals surface area (Å²) in [6, 6.07) is 20.1. The van der Waals surface area contributed by atoms with Crippen molar-refractivity contribution in [3.8, 4) is 0 Å². The molecule has 1 fully saturated rings. The molecular formula is C20H23NO2. The molecule has 0 spiro atoms. The number of hydrogen-bond donors (Lipinski definition) is 0. The molecule has 1 atom stereocenters. The Morgan fingerprint density at radius 3 is 2.30 bits per heavy atom. The molecule has 2 aromatic carbocycles. The number of likely N-dealkylation sites (tertiary alicyclic amines) is 1. The summed E-state index contributed by atoms with van der Waals surface area (Å²) < 4.78 is 5.55. The van der Waals surface area contributed by atoms with Gasteiger partial charge in [0.15, 0.2) is 0 Å². The summed E-state index contributed by atoms with van der Waals surface area (Å²) in [6.07, 6.45) is 3.13. The van der Waals surface area contributed by atoms with E-state index in [1.807, 2.05) is 48.5 Å². The lowest BCUT2D eigenvalue weighted by Gasteiger charge is -2.34. The molecule has 1 aliphatic rings. The van der Waals surface area contributed by atoms with Gasteiger partial charge in [-0.2, -0.15) is 0 Å². The second kappa shape index (κ2) is 7.93. The van der Waals surface area contributed by atoms with E-state index in [-0.39, 0.29) is 12.0 Å². The van der Waals surface area contributed by atoms with Gasteiger partial charge >= 0.3 is 5.97 Å². The first-order valence-electron chi connectivity index (χ1n) is 8.31. The molecule has 0 N–H and O–H groups in total. The third-order valence-corrected chi connectivity index (χ3v) is 4.34. The summed E-state index contributed by atoms with van der Waals surface area (Å²) in [6.45, 7) is 2.13. The first kappa shape index (κ1) is 15.8. The van der Waals surface area contributed by atoms with E-state index in [2.05, 4.69) is 17.0 Å². The summed E-state index contributed by atoms with van der Waals surface area (Å²) >= 11 is 0. The summed E-state index contributed by atoms with van der Waals surface area (Å²) in [5, 5.41) is 0. The number of nitrogens with zero attached hydrogens (tertiary/aromatic N) is 1. The summed E-state index contributed by atoms with van der Waals surface area (Å²) in [4.78, 5) is 14.8. The number of ether oxygens (including phenoxy) is 1. The van der Waals surface area contributed by atoms with Crippen molar-refractivity contribution in [2.75, 3.05) is 6.54 Å². The molecular weight excluding hydrogens is 286 g/mol. The van der Waals surface area contributed by atoms with Crippen LogP contribution in [0, 0.1) is 0 Å². The first-order valence-corrected chi connectivity index (χ1v) is 8.31. The minimum atomic E-state index is -0.118. The minimum absolute atomic E-state index is 0.0931. The highest BCUT2D eigenvalue weighted by Gasteiger charge is 2.29. The molecule has 1 saturated heterocycles. The van der Waals surface area contributed by atoms with Gasteiger partial charge in [-0.1, -0.05) is 67.1 Å². The van der Waals surface area contributed by atoms with Crippen LogP contribution in [0.3, 0.4) is 0 Å². The largest absolute Gasteiger partial charge is 0.460 e. The third-order valence-electron chi connectivity index (χ3n) is 4.34. The fourth-order valence-electron chi connectivity index (χ4n) is 3.09. The lowest BCUT2D eigenvalue weighted by Crippen LogP contribution is -2.44. The molecule has 0 bridgehead atoms. The van der Waals surface area contributed by atoms with Gasteiger partial charge in [0, 0.05) is 6.54 Å². The van der Waals surface area contributed by atoms with Gasteiger partial charge in [-0.15, -0.1) is 0 Å². The molecule has 0 aliphatic carbocycles. The molecule has 3 heteroatoms. The van der Waals surface area contributed by atoms with Crippen LogP contribution in [0.15, 0.2) is 60.7 Å². The fraction of sp³-hybridized carbons (Fsp3) is 0.350. The van der Waals surface area contributed by atoms with Crippen LogP contribution in [-0.4, -0.2) is 23.5 Å². The van der Waals surface area contributed by atoms with Crippen LogP contribution in [0.5, 0.6) is 0 Å². The first-order chi connectivity index (χ1) is 11.3. The molecule has 3 rings (SSSR count). The van der Waals surface area contributed by atoms with Crippen molar-refractivity contribution in [2.45, 2.75) is 38.5 Å². The van der Waals surface area contributed by atoms with E-state index in [0.29, 0.717) is 6.61 Å². The second-order valence-electron chi connectivity index (χ2n) is 6.06. The highest BCUT2D eigenvalue weighted by molar-refractivity contribution is 5.75. The van der Waals surface area contributed by atoms with Crippen LogP contribution in [0.25, 0.3) is 0 Å². The van der Waals surface area contributed by atoms with Crippen LogP contribution >= 0.6 is 0 Å². The maximum atomic E-state index is 12.5. The number of carbonyl (C=O) groups excluding carboxylic acids is 1. The Labute approximate surface area is 137 Å². The van der Waals surface area contributed by atoms with Gasteiger partial charge in [0.2, 0.25) is 0 Å². The fourth-order valence-corrected chi connectivity index (χ4v) is 3.09. The van der Waals surface area contributed by atoms with Crippen molar-refractivity contribution in [3.63, 3.8) is 0 Å². The Kier molecular flexibility index (Phi) is 5.43. The van der Waals surface area contributed by atoms with E-state index in [0.717, 1.165) is 37.9 Å². The lowest BCUT2D eigenvalue weighted by atomic mass is 10.0. The normalized spacial score (nSPS) is 18.5. The Bertz CT molecular complexity index is 612. The monoisotopic (exact) mass is 309 g/mol. The molecule has 120 valence electrons. The summed E-state index contributed by atoms with van der Waals surface area (Å²) in [5.74, 6) is -0.0931. The zero-order valence-electron chi connectivity index (χ0n) is 13.4. The second-order valence-corrected chi connectivity index (χ2v) is 6.06. The maximum absolute atomic E-state index is 12.5. The molecule has 0 aromatic heterocycles. The van der Waals surface area contributed by atoms with E-state index in [1.165, 1.54) is 5.56 Å². The van der Waals surface area contributed by atoms with Gasteiger partial charge < -0.3 is 4.74 Å². The third kappa shape index (κ3) is 4.42. The van der Waals surface area contributed by atoms with Gasteiger partial charge in [-0.05, 0) is 30.5 Å². The van der Waals surface area contributed by atoms with E-state index in [4.69, 9.17) is 4.74 Å². The van der Waals surface area contributed by atoms with Crippen molar-refractivity contribution in [2.24, 2.45) is 0 Å². The number of benzene rings is 2. The molecule has 1 aliphatic heterocycles. The van der Waals surface area contributed by atoms with E-state index in [9.17, 15) is 4.79 Å². The van der Waals surface area contributed by atoms with E-state index in [1.54, 1.807) is 0 Å². The molecule has 0 radical (unpaired) electrons. The molecule has 1 heterocycles. The van der Waals surface area contributed by atoms with Crippen molar-refractivity contribution in [3.05, 3.63) is 71.8 Å². The van der Waals surface area contributed by atoms with E-state index < -0.39 is 0 Å². The van der Waals surface area contributed by atoms with Crippen molar-refractivity contribution >= 4 is 5.97 Å². The zero-order chi connectivity index (χ0) is 15.9. The number of piperidine rings is 1. The predicted molar refractivity (Wildman–Crippen MR) is 90.7 cm³/mol. The van der Waals surface area contributed by atoms with Crippen LogP contribution in [0.1, 0.15) is 30.4 Å². The zero-order valence-corrected chi connectivity index (χ0v) is 13.4. The standard InChI is InChI=1S/C20H23NO2/c22-20(23-16-18-11-5-2-6-12-18)19-13-7-8-14-21(19)15-17-9-3-1-4-10-17/h1-6,9-12,19H,7-8,13-16H2. The molecule has 1 unspecified atom stereocenters. The Morgan fingerprint density at radius 1 is 0.957 bits per heavy atom. The van der Waals surface area contributed by atoms with Gasteiger partial charge in [-0.25, -0.2) is 0 Å². The molecule has 0 amide bonds. The van der Waals surface area contributed by atoms with Crippen molar-refractivity contribution < 1.29 is 9.53 Å². The van der Waals surface area contributed by atoms with E-state index >= 15 is 0 Å². The van der Waals surface area contributed by atoms with Crippen LogP contribution in [0.2, 0.25) is 0 Å². The number of carbonyl (C=O) groups is 1. The highest BCUT2D eigenvalue weighted by Crippen LogP contribution is 2.21.